The lowest BCUT2D eigenvalue weighted by atomic mass is 9.93. The molecule has 0 spiro atoms. The highest BCUT2D eigenvalue weighted by Gasteiger charge is 2.36. The SMILES string of the molecule is O=C(NC[C@@](O)(c1ccoc1)c1ccco1)C(=O)Nc1ccc2c(c1)OCCO2. The van der Waals surface area contributed by atoms with E-state index in [1.165, 1.54) is 18.8 Å². The van der Waals surface area contributed by atoms with E-state index >= 15 is 0 Å². The summed E-state index contributed by atoms with van der Waals surface area (Å²) in [5.41, 5.74) is -0.936. The number of ether oxygens (including phenoxy) is 2. The number of nitrogens with one attached hydrogen (secondary N) is 2. The Bertz CT molecular complexity index is 962. The van der Waals surface area contributed by atoms with Crippen LogP contribution in [0.25, 0.3) is 0 Å². The molecular weight excluding hydrogens is 380 g/mol. The van der Waals surface area contributed by atoms with E-state index in [-0.39, 0.29) is 12.3 Å². The first-order valence-electron chi connectivity index (χ1n) is 8.84. The van der Waals surface area contributed by atoms with E-state index < -0.39 is 17.4 Å². The number of benzene rings is 1. The van der Waals surface area contributed by atoms with Crippen LogP contribution in [0.5, 0.6) is 11.5 Å². The van der Waals surface area contributed by atoms with Crippen LogP contribution in [-0.4, -0.2) is 36.7 Å². The summed E-state index contributed by atoms with van der Waals surface area (Å²) in [6.07, 6.45) is 4.13. The summed E-state index contributed by atoms with van der Waals surface area (Å²) in [7, 11) is 0. The van der Waals surface area contributed by atoms with E-state index in [1.54, 1.807) is 36.4 Å². The number of anilines is 1. The minimum Gasteiger partial charge on any atom is -0.486 e. The minimum absolute atomic E-state index is 0.200. The van der Waals surface area contributed by atoms with Gasteiger partial charge in [0.1, 0.15) is 19.0 Å². The third kappa shape index (κ3) is 3.81. The molecule has 1 atom stereocenters. The fraction of sp³-hybridized carbons (Fsp3) is 0.200. The topological polar surface area (TPSA) is 123 Å². The molecular formula is C20H18N2O7. The standard InChI is InChI=1S/C20H18N2O7/c23-18(19(24)22-14-3-4-15-16(10-14)28-9-8-27-15)21-12-20(25,13-5-7-26-11-13)17-2-1-6-29-17/h1-7,10-11,25H,8-9,12H2,(H,21,23)(H,22,24)/t20-/m1/s1. The van der Waals surface area contributed by atoms with Crippen LogP contribution in [0.1, 0.15) is 11.3 Å². The smallest absolute Gasteiger partial charge is 0.313 e. The molecule has 3 aromatic rings. The fourth-order valence-corrected chi connectivity index (χ4v) is 2.94. The maximum absolute atomic E-state index is 12.3. The lowest BCUT2D eigenvalue weighted by molar-refractivity contribution is -0.136. The first-order valence-corrected chi connectivity index (χ1v) is 8.84. The quantitative estimate of drug-likeness (QED) is 0.558. The third-order valence-corrected chi connectivity index (χ3v) is 4.44. The van der Waals surface area contributed by atoms with Crippen molar-refractivity contribution in [2.75, 3.05) is 25.1 Å². The number of fused-ring (bicyclic) bond motifs is 1. The molecule has 29 heavy (non-hydrogen) atoms. The molecule has 0 aliphatic carbocycles. The van der Waals surface area contributed by atoms with Crippen molar-refractivity contribution in [3.05, 3.63) is 66.5 Å². The van der Waals surface area contributed by atoms with Crippen LogP contribution < -0.4 is 20.1 Å². The van der Waals surface area contributed by atoms with Gasteiger partial charge in [-0.15, -0.1) is 0 Å². The number of carbonyl (C=O) groups excluding carboxylic acids is 2. The molecule has 3 N–H and O–H groups in total. The van der Waals surface area contributed by atoms with Gasteiger partial charge in [-0.2, -0.15) is 0 Å². The van der Waals surface area contributed by atoms with Gasteiger partial charge in [-0.1, -0.05) is 0 Å². The third-order valence-electron chi connectivity index (χ3n) is 4.44. The van der Waals surface area contributed by atoms with Crippen LogP contribution in [0.2, 0.25) is 0 Å². The Morgan fingerprint density at radius 1 is 1.03 bits per heavy atom. The maximum atomic E-state index is 12.3. The van der Waals surface area contributed by atoms with Gasteiger partial charge in [0.2, 0.25) is 0 Å². The van der Waals surface area contributed by atoms with Crippen molar-refractivity contribution in [3.63, 3.8) is 0 Å². The lowest BCUT2D eigenvalue weighted by Gasteiger charge is -2.25. The Labute approximate surface area is 165 Å². The van der Waals surface area contributed by atoms with Crippen molar-refractivity contribution in [3.8, 4) is 11.5 Å². The van der Waals surface area contributed by atoms with Gasteiger partial charge in [0.15, 0.2) is 17.1 Å². The van der Waals surface area contributed by atoms with Gasteiger partial charge in [-0.3, -0.25) is 9.59 Å². The fourth-order valence-electron chi connectivity index (χ4n) is 2.94. The number of aliphatic hydroxyl groups is 1. The van der Waals surface area contributed by atoms with Crippen molar-refractivity contribution in [2.24, 2.45) is 0 Å². The van der Waals surface area contributed by atoms with Crippen LogP contribution in [0.15, 0.2) is 64.0 Å². The van der Waals surface area contributed by atoms with Gasteiger partial charge in [0, 0.05) is 17.3 Å². The summed E-state index contributed by atoms with van der Waals surface area (Å²) in [5, 5.41) is 16.0. The van der Waals surface area contributed by atoms with Gasteiger partial charge >= 0.3 is 11.8 Å². The second-order valence-electron chi connectivity index (χ2n) is 6.34. The summed E-state index contributed by atoms with van der Waals surface area (Å²) in [4.78, 5) is 24.5. The van der Waals surface area contributed by atoms with Crippen LogP contribution in [-0.2, 0) is 15.2 Å². The Kier molecular flexibility index (Phi) is 4.96. The zero-order valence-corrected chi connectivity index (χ0v) is 15.2. The number of amides is 2. The van der Waals surface area contributed by atoms with E-state index in [0.717, 1.165) is 0 Å². The van der Waals surface area contributed by atoms with Crippen molar-refractivity contribution in [2.45, 2.75) is 5.60 Å². The zero-order valence-electron chi connectivity index (χ0n) is 15.2. The molecule has 1 aromatic carbocycles. The van der Waals surface area contributed by atoms with Gasteiger partial charge in [-0.05, 0) is 30.3 Å². The summed E-state index contributed by atoms with van der Waals surface area (Å²) in [6.45, 7) is 0.564. The Morgan fingerprint density at radius 3 is 2.59 bits per heavy atom. The summed E-state index contributed by atoms with van der Waals surface area (Å²) in [5.74, 6) is -0.556. The largest absolute Gasteiger partial charge is 0.486 e. The Morgan fingerprint density at radius 2 is 1.86 bits per heavy atom. The lowest BCUT2D eigenvalue weighted by Crippen LogP contribution is -2.45. The molecule has 0 radical (unpaired) electrons. The van der Waals surface area contributed by atoms with Crippen molar-refractivity contribution in [1.82, 2.24) is 5.32 Å². The second-order valence-corrected chi connectivity index (χ2v) is 6.34. The van der Waals surface area contributed by atoms with E-state index in [1.807, 2.05) is 0 Å². The molecule has 1 aliphatic rings. The molecule has 0 saturated heterocycles. The van der Waals surface area contributed by atoms with E-state index in [9.17, 15) is 14.7 Å². The van der Waals surface area contributed by atoms with Gasteiger partial charge in [0.05, 0.1) is 25.3 Å². The number of carbonyl (C=O) groups is 2. The van der Waals surface area contributed by atoms with Crippen LogP contribution in [0, 0.1) is 0 Å². The van der Waals surface area contributed by atoms with E-state index in [4.69, 9.17) is 18.3 Å². The molecule has 2 aromatic heterocycles. The van der Waals surface area contributed by atoms with Crippen LogP contribution >= 0.6 is 0 Å². The number of furan rings is 2. The van der Waals surface area contributed by atoms with Gasteiger partial charge < -0.3 is 34.0 Å². The Hall–Kier alpha value is -3.72. The highest BCUT2D eigenvalue weighted by Crippen LogP contribution is 2.32. The highest BCUT2D eigenvalue weighted by molar-refractivity contribution is 6.39. The highest BCUT2D eigenvalue weighted by atomic mass is 16.6. The molecule has 0 unspecified atom stereocenters. The van der Waals surface area contributed by atoms with Gasteiger partial charge in [0.25, 0.3) is 0 Å². The van der Waals surface area contributed by atoms with Gasteiger partial charge in [-0.25, -0.2) is 0 Å². The second kappa shape index (κ2) is 7.72. The molecule has 0 fully saturated rings. The number of hydrogen-bond donors (Lipinski definition) is 3. The maximum Gasteiger partial charge on any atom is 0.313 e. The summed E-state index contributed by atoms with van der Waals surface area (Å²) in [6, 6.07) is 9.54. The van der Waals surface area contributed by atoms with E-state index in [2.05, 4.69) is 10.6 Å². The van der Waals surface area contributed by atoms with Crippen molar-refractivity contribution in [1.29, 1.82) is 0 Å². The molecule has 150 valence electrons. The monoisotopic (exact) mass is 398 g/mol. The molecule has 0 saturated carbocycles. The first kappa shape index (κ1) is 18.6. The number of hydrogen-bond acceptors (Lipinski definition) is 7. The van der Waals surface area contributed by atoms with Crippen LogP contribution in [0.3, 0.4) is 0 Å². The van der Waals surface area contributed by atoms with Crippen molar-refractivity contribution >= 4 is 17.5 Å². The Balaban J connectivity index is 1.42. The van der Waals surface area contributed by atoms with Crippen LogP contribution in [0.4, 0.5) is 5.69 Å². The summed E-state index contributed by atoms with van der Waals surface area (Å²) < 4.78 is 21.2. The summed E-state index contributed by atoms with van der Waals surface area (Å²) >= 11 is 0. The zero-order chi connectivity index (χ0) is 20.3. The molecule has 1 aliphatic heterocycles. The average Bonchev–Trinajstić information content (AvgIpc) is 3.46. The number of rotatable bonds is 5. The first-order chi connectivity index (χ1) is 14.1. The predicted molar refractivity (Wildman–Crippen MR) is 99.5 cm³/mol. The molecule has 4 rings (SSSR count). The normalized spacial score (nSPS) is 14.7. The van der Waals surface area contributed by atoms with Crippen molar-refractivity contribution < 1.29 is 33.0 Å². The average molecular weight is 398 g/mol. The molecule has 9 heteroatoms. The molecule has 9 nitrogen and oxygen atoms in total. The minimum atomic E-state index is -1.69. The molecule has 3 heterocycles. The molecule has 0 bridgehead atoms. The van der Waals surface area contributed by atoms with E-state index in [0.29, 0.717) is 36.0 Å². The molecule has 2 amide bonds. The predicted octanol–water partition coefficient (Wildman–Crippen LogP) is 1.63.